The van der Waals surface area contributed by atoms with Crippen molar-refractivity contribution in [3.8, 4) is 0 Å². The minimum atomic E-state index is -0.289. The van der Waals surface area contributed by atoms with E-state index in [1.165, 1.54) is 22.3 Å². The van der Waals surface area contributed by atoms with Crippen molar-refractivity contribution in [2.24, 2.45) is 0 Å². The van der Waals surface area contributed by atoms with Gasteiger partial charge in [-0.05, 0) is 11.6 Å². The number of rotatable bonds is 8. The number of benzene rings is 1. The molecule has 2 aromatic rings. The number of hydrogen-bond donors (Lipinski definition) is 1. The first-order chi connectivity index (χ1) is 11.7. The molecular formula is C17H19N3O3S. The molecule has 2 rings (SSSR count). The van der Waals surface area contributed by atoms with E-state index in [2.05, 4.69) is 10.3 Å². The standard InChI is InChI=1S/C17H19N3O3S/c1-23-11-10-20(13-15(21)19-17-18-9-12-24-17)16(22)8-7-14-5-3-2-4-6-14/h2-9,12H,10-11,13H2,1H3,(H,18,19,21). The molecule has 0 spiro atoms. The summed E-state index contributed by atoms with van der Waals surface area (Å²) in [6, 6.07) is 9.51. The lowest BCUT2D eigenvalue weighted by atomic mass is 10.2. The zero-order valence-corrected chi connectivity index (χ0v) is 14.2. The summed E-state index contributed by atoms with van der Waals surface area (Å²) < 4.78 is 5.01. The van der Waals surface area contributed by atoms with Gasteiger partial charge in [0, 0.05) is 31.3 Å². The molecule has 0 aliphatic heterocycles. The Morgan fingerprint density at radius 1 is 1.33 bits per heavy atom. The van der Waals surface area contributed by atoms with Crippen LogP contribution in [-0.2, 0) is 14.3 Å². The third-order valence-corrected chi connectivity index (χ3v) is 3.80. The number of methoxy groups -OCH3 is 1. The van der Waals surface area contributed by atoms with Crippen molar-refractivity contribution in [3.63, 3.8) is 0 Å². The van der Waals surface area contributed by atoms with Crippen molar-refractivity contribution in [1.29, 1.82) is 0 Å². The number of carbonyl (C=O) groups excluding carboxylic acids is 2. The molecule has 0 radical (unpaired) electrons. The van der Waals surface area contributed by atoms with E-state index in [4.69, 9.17) is 4.74 Å². The summed E-state index contributed by atoms with van der Waals surface area (Å²) in [5.41, 5.74) is 0.921. The molecule has 0 bridgehead atoms. The molecule has 0 atom stereocenters. The average molecular weight is 345 g/mol. The van der Waals surface area contributed by atoms with Gasteiger partial charge >= 0.3 is 0 Å². The van der Waals surface area contributed by atoms with Gasteiger partial charge in [0.05, 0.1) is 6.61 Å². The summed E-state index contributed by atoms with van der Waals surface area (Å²) in [7, 11) is 1.55. The van der Waals surface area contributed by atoms with Gasteiger partial charge in [-0.1, -0.05) is 30.3 Å². The van der Waals surface area contributed by atoms with Crippen LogP contribution in [0.25, 0.3) is 6.08 Å². The minimum absolute atomic E-state index is 0.0547. The van der Waals surface area contributed by atoms with Crippen molar-refractivity contribution >= 4 is 34.4 Å². The van der Waals surface area contributed by atoms with Crippen LogP contribution in [0.1, 0.15) is 5.56 Å². The molecule has 1 aromatic heterocycles. The highest BCUT2D eigenvalue weighted by Gasteiger charge is 2.15. The molecule has 0 aliphatic rings. The number of aromatic nitrogens is 1. The van der Waals surface area contributed by atoms with Gasteiger partial charge in [-0.3, -0.25) is 9.59 Å². The first-order valence-corrected chi connectivity index (χ1v) is 8.27. The summed E-state index contributed by atoms with van der Waals surface area (Å²) >= 11 is 1.33. The normalized spacial score (nSPS) is 10.7. The second-order valence-corrected chi connectivity index (χ2v) is 5.78. The minimum Gasteiger partial charge on any atom is -0.383 e. The van der Waals surface area contributed by atoms with Crippen molar-refractivity contribution in [2.45, 2.75) is 0 Å². The van der Waals surface area contributed by atoms with Crippen LogP contribution in [0.4, 0.5) is 5.13 Å². The van der Waals surface area contributed by atoms with Crippen molar-refractivity contribution < 1.29 is 14.3 Å². The molecule has 6 nitrogen and oxygen atoms in total. The first kappa shape index (κ1) is 17.8. The van der Waals surface area contributed by atoms with E-state index in [-0.39, 0.29) is 18.4 Å². The lowest BCUT2D eigenvalue weighted by Crippen LogP contribution is -2.39. The number of anilines is 1. The van der Waals surface area contributed by atoms with Crippen LogP contribution in [0.3, 0.4) is 0 Å². The summed E-state index contributed by atoms with van der Waals surface area (Å²) in [6.45, 7) is 0.635. The fourth-order valence-corrected chi connectivity index (χ4v) is 2.47. The Morgan fingerprint density at radius 3 is 2.79 bits per heavy atom. The van der Waals surface area contributed by atoms with Gasteiger partial charge in [0.1, 0.15) is 6.54 Å². The molecule has 0 saturated carbocycles. The van der Waals surface area contributed by atoms with E-state index in [1.54, 1.807) is 24.8 Å². The van der Waals surface area contributed by atoms with Gasteiger partial charge in [0.25, 0.3) is 0 Å². The Balaban J connectivity index is 1.96. The number of amides is 2. The smallest absolute Gasteiger partial charge is 0.247 e. The Kier molecular flexibility index (Phi) is 7.13. The van der Waals surface area contributed by atoms with E-state index in [0.29, 0.717) is 18.3 Å². The van der Waals surface area contributed by atoms with Crippen LogP contribution in [0, 0.1) is 0 Å². The topological polar surface area (TPSA) is 71.5 Å². The molecule has 2 amide bonds. The predicted molar refractivity (Wildman–Crippen MR) is 94.7 cm³/mol. The largest absolute Gasteiger partial charge is 0.383 e. The predicted octanol–water partition coefficient (Wildman–Crippen LogP) is 2.27. The molecule has 7 heteroatoms. The fourth-order valence-electron chi connectivity index (χ4n) is 1.92. The SMILES string of the molecule is COCCN(CC(=O)Nc1nccs1)C(=O)C=Cc1ccccc1. The van der Waals surface area contributed by atoms with Crippen LogP contribution in [0.15, 0.2) is 48.0 Å². The number of thiazole rings is 1. The van der Waals surface area contributed by atoms with E-state index in [9.17, 15) is 9.59 Å². The Bertz CT molecular complexity index is 672. The number of carbonyl (C=O) groups is 2. The zero-order valence-electron chi connectivity index (χ0n) is 13.3. The van der Waals surface area contributed by atoms with Crippen LogP contribution in [-0.4, -0.2) is 48.5 Å². The van der Waals surface area contributed by atoms with Gasteiger partial charge in [-0.15, -0.1) is 11.3 Å². The number of nitrogens with one attached hydrogen (secondary N) is 1. The Hall–Kier alpha value is -2.51. The first-order valence-electron chi connectivity index (χ1n) is 7.39. The third kappa shape index (κ3) is 5.94. The zero-order chi connectivity index (χ0) is 17.2. The number of nitrogens with zero attached hydrogens (tertiary/aromatic N) is 2. The molecule has 126 valence electrons. The highest BCUT2D eigenvalue weighted by atomic mass is 32.1. The summed E-state index contributed by atoms with van der Waals surface area (Å²) in [4.78, 5) is 29.8. The quantitative estimate of drug-likeness (QED) is 0.745. The molecule has 24 heavy (non-hydrogen) atoms. The van der Waals surface area contributed by atoms with Crippen LogP contribution >= 0.6 is 11.3 Å². The maximum absolute atomic E-state index is 12.4. The molecule has 0 aliphatic carbocycles. The molecule has 0 fully saturated rings. The van der Waals surface area contributed by atoms with Gasteiger partial charge in [0.15, 0.2) is 5.13 Å². The van der Waals surface area contributed by atoms with Crippen LogP contribution in [0.2, 0.25) is 0 Å². The highest BCUT2D eigenvalue weighted by molar-refractivity contribution is 7.13. The molecule has 1 N–H and O–H groups in total. The summed E-state index contributed by atoms with van der Waals surface area (Å²) in [5.74, 6) is -0.535. The van der Waals surface area contributed by atoms with Gasteiger partial charge in [-0.25, -0.2) is 4.98 Å². The lowest BCUT2D eigenvalue weighted by molar-refractivity contribution is -0.131. The van der Waals surface area contributed by atoms with E-state index < -0.39 is 0 Å². The molecular weight excluding hydrogens is 326 g/mol. The van der Waals surface area contributed by atoms with Crippen molar-refractivity contribution in [2.75, 3.05) is 32.1 Å². The fraction of sp³-hybridized carbons (Fsp3) is 0.235. The monoisotopic (exact) mass is 345 g/mol. The molecule has 1 aromatic carbocycles. The molecule has 0 saturated heterocycles. The third-order valence-electron chi connectivity index (χ3n) is 3.11. The van der Waals surface area contributed by atoms with Gasteiger partial charge in [-0.2, -0.15) is 0 Å². The van der Waals surface area contributed by atoms with Gasteiger partial charge in [0.2, 0.25) is 11.8 Å². The molecule has 1 heterocycles. The second-order valence-electron chi connectivity index (χ2n) is 4.88. The van der Waals surface area contributed by atoms with Crippen LogP contribution < -0.4 is 5.32 Å². The van der Waals surface area contributed by atoms with E-state index in [1.807, 2.05) is 30.3 Å². The molecule has 0 unspecified atom stereocenters. The average Bonchev–Trinajstić information content (AvgIpc) is 3.10. The summed E-state index contributed by atoms with van der Waals surface area (Å²) in [5, 5.41) is 4.95. The maximum atomic E-state index is 12.4. The van der Waals surface area contributed by atoms with Gasteiger partial charge < -0.3 is 15.0 Å². The van der Waals surface area contributed by atoms with Crippen LogP contribution in [0.5, 0.6) is 0 Å². The maximum Gasteiger partial charge on any atom is 0.247 e. The summed E-state index contributed by atoms with van der Waals surface area (Å²) in [6.07, 6.45) is 4.79. The second kappa shape index (κ2) is 9.59. The number of hydrogen-bond acceptors (Lipinski definition) is 5. The highest BCUT2D eigenvalue weighted by Crippen LogP contribution is 2.10. The van der Waals surface area contributed by atoms with E-state index >= 15 is 0 Å². The Labute approximate surface area is 144 Å². The van der Waals surface area contributed by atoms with Crippen molar-refractivity contribution in [3.05, 3.63) is 53.5 Å². The lowest BCUT2D eigenvalue weighted by Gasteiger charge is -2.20. The van der Waals surface area contributed by atoms with Crippen molar-refractivity contribution in [1.82, 2.24) is 9.88 Å². The number of ether oxygens (including phenoxy) is 1. The van der Waals surface area contributed by atoms with E-state index in [0.717, 1.165) is 5.56 Å². The Morgan fingerprint density at radius 2 is 2.12 bits per heavy atom.